The van der Waals surface area contributed by atoms with Crippen LogP contribution in [0, 0.1) is 0 Å². The molecule has 0 aliphatic heterocycles. The Bertz CT molecular complexity index is 854. The summed E-state index contributed by atoms with van der Waals surface area (Å²) in [5.74, 6) is 1.20. The van der Waals surface area contributed by atoms with E-state index in [2.05, 4.69) is 9.97 Å². The Kier molecular flexibility index (Phi) is 4.32. The van der Waals surface area contributed by atoms with Gasteiger partial charge in [0, 0.05) is 10.9 Å². The molecule has 2 N–H and O–H groups in total. The SMILES string of the molecule is COc1cccc(C(N)c2nc(Cl)nc3ccccc23)c1OC. The molecule has 0 aliphatic carbocycles. The van der Waals surface area contributed by atoms with Crippen LogP contribution in [-0.2, 0) is 0 Å². The number of nitrogens with zero attached hydrogens (tertiary/aromatic N) is 2. The number of benzene rings is 2. The van der Waals surface area contributed by atoms with E-state index in [1.54, 1.807) is 14.2 Å². The smallest absolute Gasteiger partial charge is 0.223 e. The van der Waals surface area contributed by atoms with E-state index in [9.17, 15) is 0 Å². The highest BCUT2D eigenvalue weighted by Gasteiger charge is 2.21. The first-order valence-electron chi connectivity index (χ1n) is 7.04. The summed E-state index contributed by atoms with van der Waals surface area (Å²) in [6.07, 6.45) is 0. The molecule has 118 valence electrons. The third-order valence-electron chi connectivity index (χ3n) is 3.67. The second kappa shape index (κ2) is 6.40. The topological polar surface area (TPSA) is 70.3 Å². The van der Waals surface area contributed by atoms with Crippen LogP contribution in [0.4, 0.5) is 0 Å². The molecule has 0 spiro atoms. The molecule has 0 saturated heterocycles. The number of methoxy groups -OCH3 is 2. The van der Waals surface area contributed by atoms with Gasteiger partial charge in [-0.3, -0.25) is 0 Å². The normalized spacial score (nSPS) is 12.2. The van der Waals surface area contributed by atoms with Crippen molar-refractivity contribution in [2.75, 3.05) is 14.2 Å². The van der Waals surface area contributed by atoms with Crippen molar-refractivity contribution in [3.05, 3.63) is 59.0 Å². The van der Waals surface area contributed by atoms with Gasteiger partial charge in [-0.25, -0.2) is 9.97 Å². The zero-order valence-electron chi connectivity index (χ0n) is 12.8. The predicted octanol–water partition coefficient (Wildman–Crippen LogP) is 3.35. The standard InChI is InChI=1S/C17H16ClN3O2/c1-22-13-9-5-7-11(16(13)23-2)14(19)15-10-6-3-4-8-12(10)20-17(18)21-15/h3-9,14H,19H2,1-2H3. The number of para-hydroxylation sites is 2. The van der Waals surface area contributed by atoms with Crippen molar-refractivity contribution in [3.8, 4) is 11.5 Å². The van der Waals surface area contributed by atoms with Crippen molar-refractivity contribution in [2.45, 2.75) is 6.04 Å². The molecule has 23 heavy (non-hydrogen) atoms. The van der Waals surface area contributed by atoms with Gasteiger partial charge in [0.15, 0.2) is 11.5 Å². The van der Waals surface area contributed by atoms with Gasteiger partial charge in [0.05, 0.1) is 31.5 Å². The molecular weight excluding hydrogens is 314 g/mol. The van der Waals surface area contributed by atoms with Crippen LogP contribution < -0.4 is 15.2 Å². The average Bonchev–Trinajstić information content (AvgIpc) is 2.59. The monoisotopic (exact) mass is 329 g/mol. The average molecular weight is 330 g/mol. The van der Waals surface area contributed by atoms with E-state index in [4.69, 9.17) is 26.8 Å². The third-order valence-corrected chi connectivity index (χ3v) is 3.84. The Morgan fingerprint density at radius 2 is 1.78 bits per heavy atom. The Balaban J connectivity index is 2.20. The summed E-state index contributed by atoms with van der Waals surface area (Å²) in [4.78, 5) is 8.57. The first-order chi connectivity index (χ1) is 11.2. The minimum Gasteiger partial charge on any atom is -0.493 e. The summed E-state index contributed by atoms with van der Waals surface area (Å²) >= 11 is 6.05. The predicted molar refractivity (Wildman–Crippen MR) is 90.1 cm³/mol. The fourth-order valence-corrected chi connectivity index (χ4v) is 2.80. The quantitative estimate of drug-likeness (QED) is 0.743. The fourth-order valence-electron chi connectivity index (χ4n) is 2.61. The molecule has 0 amide bonds. The van der Waals surface area contributed by atoms with Crippen molar-refractivity contribution in [1.29, 1.82) is 0 Å². The lowest BCUT2D eigenvalue weighted by molar-refractivity contribution is 0.350. The highest BCUT2D eigenvalue weighted by Crippen LogP contribution is 2.37. The van der Waals surface area contributed by atoms with Crippen molar-refractivity contribution < 1.29 is 9.47 Å². The van der Waals surface area contributed by atoms with Gasteiger partial charge in [-0.2, -0.15) is 0 Å². The summed E-state index contributed by atoms with van der Waals surface area (Å²) in [5.41, 5.74) is 8.63. The Morgan fingerprint density at radius 1 is 1.00 bits per heavy atom. The Morgan fingerprint density at radius 3 is 2.52 bits per heavy atom. The minimum absolute atomic E-state index is 0.163. The first kappa shape index (κ1) is 15.5. The molecule has 0 aliphatic rings. The molecule has 6 heteroatoms. The second-order valence-corrected chi connectivity index (χ2v) is 5.29. The van der Waals surface area contributed by atoms with Crippen molar-refractivity contribution in [1.82, 2.24) is 9.97 Å². The summed E-state index contributed by atoms with van der Waals surface area (Å²) in [6, 6.07) is 12.7. The van der Waals surface area contributed by atoms with E-state index in [1.807, 2.05) is 42.5 Å². The molecule has 5 nitrogen and oxygen atoms in total. The van der Waals surface area contributed by atoms with Gasteiger partial charge in [-0.15, -0.1) is 0 Å². The van der Waals surface area contributed by atoms with Crippen molar-refractivity contribution in [3.63, 3.8) is 0 Å². The largest absolute Gasteiger partial charge is 0.493 e. The number of nitrogens with two attached hydrogens (primary N) is 1. The number of hydrogen-bond donors (Lipinski definition) is 1. The summed E-state index contributed by atoms with van der Waals surface area (Å²) < 4.78 is 10.8. The molecule has 0 radical (unpaired) electrons. The molecule has 0 fully saturated rings. The zero-order chi connectivity index (χ0) is 16.4. The van der Waals surface area contributed by atoms with Crippen LogP contribution in [-0.4, -0.2) is 24.2 Å². The Labute approximate surface area is 139 Å². The van der Waals surface area contributed by atoms with Gasteiger partial charge in [0.1, 0.15) is 0 Å². The van der Waals surface area contributed by atoms with E-state index < -0.39 is 6.04 Å². The lowest BCUT2D eigenvalue weighted by Crippen LogP contribution is -2.16. The molecule has 0 bridgehead atoms. The fraction of sp³-hybridized carbons (Fsp3) is 0.176. The second-order valence-electron chi connectivity index (χ2n) is 4.96. The van der Waals surface area contributed by atoms with Gasteiger partial charge < -0.3 is 15.2 Å². The number of aromatic nitrogens is 2. The van der Waals surface area contributed by atoms with Crippen molar-refractivity contribution in [2.24, 2.45) is 5.73 Å². The lowest BCUT2D eigenvalue weighted by atomic mass is 9.99. The van der Waals surface area contributed by atoms with Crippen LogP contribution in [0.1, 0.15) is 17.3 Å². The number of fused-ring (bicyclic) bond motifs is 1. The number of rotatable bonds is 4. The van der Waals surface area contributed by atoms with E-state index in [0.717, 1.165) is 16.5 Å². The zero-order valence-corrected chi connectivity index (χ0v) is 13.5. The maximum absolute atomic E-state index is 6.47. The van der Waals surface area contributed by atoms with E-state index >= 15 is 0 Å². The first-order valence-corrected chi connectivity index (χ1v) is 7.42. The molecule has 0 saturated carbocycles. The lowest BCUT2D eigenvalue weighted by Gasteiger charge is -2.18. The Hall–Kier alpha value is -2.37. The molecule has 1 heterocycles. The maximum Gasteiger partial charge on any atom is 0.223 e. The van der Waals surface area contributed by atoms with Gasteiger partial charge in [0.2, 0.25) is 5.28 Å². The van der Waals surface area contributed by atoms with Gasteiger partial charge >= 0.3 is 0 Å². The van der Waals surface area contributed by atoms with Gasteiger partial charge in [-0.1, -0.05) is 30.3 Å². The van der Waals surface area contributed by atoms with Crippen LogP contribution in [0.25, 0.3) is 10.9 Å². The molecule has 1 atom stereocenters. The molecule has 3 aromatic rings. The van der Waals surface area contributed by atoms with Gasteiger partial charge in [0.25, 0.3) is 0 Å². The summed E-state index contributed by atoms with van der Waals surface area (Å²) in [5, 5.41) is 1.02. The molecule has 3 rings (SSSR count). The number of halogens is 1. The van der Waals surface area contributed by atoms with E-state index in [-0.39, 0.29) is 5.28 Å². The van der Waals surface area contributed by atoms with Crippen LogP contribution in [0.3, 0.4) is 0 Å². The van der Waals surface area contributed by atoms with E-state index in [1.165, 1.54) is 0 Å². The van der Waals surface area contributed by atoms with Crippen LogP contribution in [0.5, 0.6) is 11.5 Å². The minimum atomic E-state index is -0.523. The molecule has 2 aromatic carbocycles. The number of ether oxygens (including phenoxy) is 2. The highest BCUT2D eigenvalue weighted by atomic mass is 35.5. The number of hydrogen-bond acceptors (Lipinski definition) is 5. The molecule has 1 unspecified atom stereocenters. The molecular formula is C17H16ClN3O2. The van der Waals surface area contributed by atoms with E-state index in [0.29, 0.717) is 17.2 Å². The van der Waals surface area contributed by atoms with Crippen LogP contribution in [0.15, 0.2) is 42.5 Å². The third kappa shape index (κ3) is 2.81. The van der Waals surface area contributed by atoms with Gasteiger partial charge in [-0.05, 0) is 23.7 Å². The highest BCUT2D eigenvalue weighted by molar-refractivity contribution is 6.28. The molecule has 1 aromatic heterocycles. The van der Waals surface area contributed by atoms with Crippen molar-refractivity contribution >= 4 is 22.5 Å². The van der Waals surface area contributed by atoms with Crippen LogP contribution >= 0.6 is 11.6 Å². The summed E-state index contributed by atoms with van der Waals surface area (Å²) in [6.45, 7) is 0. The summed E-state index contributed by atoms with van der Waals surface area (Å²) in [7, 11) is 3.17. The maximum atomic E-state index is 6.47. The van der Waals surface area contributed by atoms with Crippen LogP contribution in [0.2, 0.25) is 5.28 Å².